The van der Waals surface area contributed by atoms with E-state index in [1.807, 2.05) is 13.0 Å². The molecule has 23 heavy (non-hydrogen) atoms. The van der Waals surface area contributed by atoms with Crippen molar-refractivity contribution in [2.75, 3.05) is 39.3 Å². The summed E-state index contributed by atoms with van der Waals surface area (Å²) in [5.74, 6) is 0.376. The highest BCUT2D eigenvalue weighted by molar-refractivity contribution is 5.48. The topological polar surface area (TPSA) is 67.6 Å². The van der Waals surface area contributed by atoms with Gasteiger partial charge in [-0.15, -0.1) is 0 Å². The van der Waals surface area contributed by atoms with Gasteiger partial charge in [-0.2, -0.15) is 0 Å². The van der Waals surface area contributed by atoms with Crippen molar-refractivity contribution in [1.82, 2.24) is 10.2 Å². The highest BCUT2D eigenvalue weighted by atomic mass is 16.6. The Kier molecular flexibility index (Phi) is 7.29. The van der Waals surface area contributed by atoms with Crippen molar-refractivity contribution in [2.45, 2.75) is 32.6 Å². The molecule has 0 unspecified atom stereocenters. The van der Waals surface area contributed by atoms with Crippen molar-refractivity contribution in [3.8, 4) is 5.75 Å². The summed E-state index contributed by atoms with van der Waals surface area (Å²) in [4.78, 5) is 13.3. The second-order valence-electron chi connectivity index (χ2n) is 5.96. The van der Waals surface area contributed by atoms with Gasteiger partial charge < -0.3 is 15.0 Å². The summed E-state index contributed by atoms with van der Waals surface area (Å²) in [6.07, 6.45) is 3.89. The number of hydrogen-bond donors (Lipinski definition) is 1. The zero-order valence-corrected chi connectivity index (χ0v) is 13.9. The lowest BCUT2D eigenvalue weighted by Crippen LogP contribution is -2.43. The SMILES string of the molecule is CCCOc1ccc(CCCCN2CCNCC2)cc1[N+](=O)[O-]. The van der Waals surface area contributed by atoms with E-state index in [2.05, 4.69) is 10.2 Å². The van der Waals surface area contributed by atoms with E-state index in [9.17, 15) is 10.1 Å². The molecule has 1 aromatic carbocycles. The second-order valence-corrected chi connectivity index (χ2v) is 5.96. The maximum atomic E-state index is 11.2. The van der Waals surface area contributed by atoms with Gasteiger partial charge in [0.25, 0.3) is 0 Å². The van der Waals surface area contributed by atoms with Crippen LogP contribution >= 0.6 is 0 Å². The number of unbranched alkanes of at least 4 members (excludes halogenated alkanes) is 1. The molecular weight excluding hydrogens is 294 g/mol. The summed E-state index contributed by atoms with van der Waals surface area (Å²) >= 11 is 0. The minimum Gasteiger partial charge on any atom is -0.487 e. The molecular formula is C17H27N3O3. The van der Waals surface area contributed by atoms with Gasteiger partial charge in [0.05, 0.1) is 11.5 Å². The van der Waals surface area contributed by atoms with Crippen molar-refractivity contribution in [2.24, 2.45) is 0 Å². The molecule has 2 rings (SSSR count). The fourth-order valence-corrected chi connectivity index (χ4v) is 2.79. The molecule has 0 aliphatic carbocycles. The van der Waals surface area contributed by atoms with Crippen LogP contribution in [0.5, 0.6) is 5.75 Å². The largest absolute Gasteiger partial charge is 0.487 e. The first-order chi connectivity index (χ1) is 11.2. The van der Waals surface area contributed by atoms with Crippen LogP contribution in [0.15, 0.2) is 18.2 Å². The normalized spacial score (nSPS) is 15.5. The minimum atomic E-state index is -0.352. The van der Waals surface area contributed by atoms with Crippen molar-refractivity contribution < 1.29 is 9.66 Å². The van der Waals surface area contributed by atoms with Gasteiger partial charge >= 0.3 is 5.69 Å². The minimum absolute atomic E-state index is 0.0815. The summed E-state index contributed by atoms with van der Waals surface area (Å²) in [7, 11) is 0. The summed E-state index contributed by atoms with van der Waals surface area (Å²) in [6, 6.07) is 5.35. The zero-order chi connectivity index (χ0) is 16.5. The molecule has 0 amide bonds. The third kappa shape index (κ3) is 5.80. The summed E-state index contributed by atoms with van der Waals surface area (Å²) < 4.78 is 5.45. The highest BCUT2D eigenvalue weighted by Gasteiger charge is 2.16. The predicted molar refractivity (Wildman–Crippen MR) is 91.1 cm³/mol. The summed E-state index contributed by atoms with van der Waals surface area (Å²) in [5, 5.41) is 14.5. The third-order valence-electron chi connectivity index (χ3n) is 4.08. The van der Waals surface area contributed by atoms with Crippen LogP contribution in [-0.2, 0) is 6.42 Å². The molecule has 1 heterocycles. The molecule has 0 spiro atoms. The summed E-state index contributed by atoms with van der Waals surface area (Å²) in [6.45, 7) is 7.99. The van der Waals surface area contributed by atoms with E-state index in [4.69, 9.17) is 4.74 Å². The van der Waals surface area contributed by atoms with Crippen molar-refractivity contribution >= 4 is 5.69 Å². The Morgan fingerprint density at radius 1 is 1.30 bits per heavy atom. The van der Waals surface area contributed by atoms with E-state index < -0.39 is 0 Å². The third-order valence-corrected chi connectivity index (χ3v) is 4.08. The number of nitro groups is 1. The van der Waals surface area contributed by atoms with E-state index in [0.717, 1.165) is 64.0 Å². The number of nitro benzene ring substituents is 1. The first-order valence-electron chi connectivity index (χ1n) is 8.54. The van der Waals surface area contributed by atoms with E-state index in [1.54, 1.807) is 12.1 Å². The maximum absolute atomic E-state index is 11.2. The van der Waals surface area contributed by atoms with E-state index in [-0.39, 0.29) is 10.6 Å². The number of hydrogen-bond acceptors (Lipinski definition) is 5. The van der Waals surface area contributed by atoms with Crippen molar-refractivity contribution in [1.29, 1.82) is 0 Å². The van der Waals surface area contributed by atoms with Crippen LogP contribution in [0.3, 0.4) is 0 Å². The maximum Gasteiger partial charge on any atom is 0.311 e. The molecule has 1 fully saturated rings. The number of nitrogens with zero attached hydrogens (tertiary/aromatic N) is 2. The smallest absolute Gasteiger partial charge is 0.311 e. The molecule has 6 heteroatoms. The van der Waals surface area contributed by atoms with Crippen LogP contribution in [0.1, 0.15) is 31.7 Å². The fraction of sp³-hybridized carbons (Fsp3) is 0.647. The Morgan fingerprint density at radius 2 is 2.09 bits per heavy atom. The molecule has 6 nitrogen and oxygen atoms in total. The van der Waals surface area contributed by atoms with Gasteiger partial charge in [0.1, 0.15) is 0 Å². The fourth-order valence-electron chi connectivity index (χ4n) is 2.79. The number of ether oxygens (including phenoxy) is 1. The molecule has 1 aliphatic rings. The van der Waals surface area contributed by atoms with Gasteiger partial charge in [0.15, 0.2) is 5.75 Å². The van der Waals surface area contributed by atoms with E-state index >= 15 is 0 Å². The van der Waals surface area contributed by atoms with Gasteiger partial charge in [0, 0.05) is 32.2 Å². The molecule has 0 aromatic heterocycles. The molecule has 1 saturated heterocycles. The highest BCUT2D eigenvalue weighted by Crippen LogP contribution is 2.28. The predicted octanol–water partition coefficient (Wildman–Crippen LogP) is 2.61. The monoisotopic (exact) mass is 321 g/mol. The number of piperazine rings is 1. The Balaban J connectivity index is 1.82. The van der Waals surface area contributed by atoms with Crippen molar-refractivity contribution in [3.63, 3.8) is 0 Å². The van der Waals surface area contributed by atoms with Gasteiger partial charge in [-0.1, -0.05) is 13.0 Å². The first kappa shape index (κ1) is 17.7. The number of rotatable bonds is 9. The number of nitrogens with one attached hydrogen (secondary N) is 1. The Hall–Kier alpha value is -1.66. The van der Waals surface area contributed by atoms with Crippen LogP contribution in [0.25, 0.3) is 0 Å². The molecule has 128 valence electrons. The zero-order valence-electron chi connectivity index (χ0n) is 13.9. The van der Waals surface area contributed by atoms with Crippen molar-refractivity contribution in [3.05, 3.63) is 33.9 Å². The van der Waals surface area contributed by atoms with Gasteiger partial charge in [-0.3, -0.25) is 10.1 Å². The number of benzene rings is 1. The van der Waals surface area contributed by atoms with E-state index in [1.165, 1.54) is 0 Å². The second kappa shape index (κ2) is 9.47. The van der Waals surface area contributed by atoms with Crippen LogP contribution in [-0.4, -0.2) is 49.2 Å². The molecule has 1 aliphatic heterocycles. The Morgan fingerprint density at radius 3 is 2.78 bits per heavy atom. The molecule has 1 N–H and O–H groups in total. The van der Waals surface area contributed by atoms with Crippen LogP contribution < -0.4 is 10.1 Å². The average molecular weight is 321 g/mol. The molecule has 0 bridgehead atoms. The lowest BCUT2D eigenvalue weighted by atomic mass is 10.1. The molecule has 0 radical (unpaired) electrons. The molecule has 1 aromatic rings. The lowest BCUT2D eigenvalue weighted by molar-refractivity contribution is -0.385. The molecule has 0 atom stereocenters. The Bertz CT molecular complexity index is 502. The quantitative estimate of drug-likeness (QED) is 0.430. The average Bonchev–Trinajstić information content (AvgIpc) is 2.58. The Labute approximate surface area is 138 Å². The van der Waals surface area contributed by atoms with E-state index in [0.29, 0.717) is 12.4 Å². The van der Waals surface area contributed by atoms with Crippen LogP contribution in [0.4, 0.5) is 5.69 Å². The standard InChI is InChI=1S/C17H27N3O3/c1-2-13-23-17-7-6-15(14-16(17)20(21)22)5-3-4-10-19-11-8-18-9-12-19/h6-7,14,18H,2-5,8-13H2,1H3. The van der Waals surface area contributed by atoms with Crippen LogP contribution in [0.2, 0.25) is 0 Å². The lowest BCUT2D eigenvalue weighted by Gasteiger charge is -2.27. The van der Waals surface area contributed by atoms with Gasteiger partial charge in [0.2, 0.25) is 0 Å². The summed E-state index contributed by atoms with van der Waals surface area (Å²) in [5.41, 5.74) is 1.10. The van der Waals surface area contributed by atoms with Crippen LogP contribution in [0, 0.1) is 10.1 Å². The molecule has 0 saturated carbocycles. The van der Waals surface area contributed by atoms with Gasteiger partial charge in [-0.05, 0) is 43.9 Å². The van der Waals surface area contributed by atoms with Gasteiger partial charge in [-0.25, -0.2) is 0 Å². The number of aryl methyl sites for hydroxylation is 1. The first-order valence-corrected chi connectivity index (χ1v) is 8.54.